The van der Waals surface area contributed by atoms with Gasteiger partial charge in [-0.1, -0.05) is 11.6 Å². The van der Waals surface area contributed by atoms with Crippen LogP contribution in [0, 0.1) is 5.82 Å². The predicted octanol–water partition coefficient (Wildman–Crippen LogP) is 3.62. The van der Waals surface area contributed by atoms with Gasteiger partial charge in [-0.05, 0) is 37.5 Å². The number of ether oxygens (including phenoxy) is 1. The van der Waals surface area contributed by atoms with E-state index >= 15 is 0 Å². The Bertz CT molecular complexity index is 414. The van der Waals surface area contributed by atoms with Gasteiger partial charge in [-0.2, -0.15) is 0 Å². The Morgan fingerprint density at radius 2 is 2.29 bits per heavy atom. The molecule has 1 saturated heterocycles. The zero-order valence-corrected chi connectivity index (χ0v) is 10.2. The van der Waals surface area contributed by atoms with Crippen molar-refractivity contribution in [1.82, 2.24) is 0 Å². The van der Waals surface area contributed by atoms with Gasteiger partial charge in [0.15, 0.2) is 5.78 Å². The monoisotopic (exact) mass is 256 g/mol. The minimum Gasteiger partial charge on any atom is -0.378 e. The first kappa shape index (κ1) is 12.5. The van der Waals surface area contributed by atoms with E-state index in [0.29, 0.717) is 11.6 Å². The van der Waals surface area contributed by atoms with Crippen LogP contribution < -0.4 is 0 Å². The lowest BCUT2D eigenvalue weighted by molar-refractivity contribution is 0.0128. The van der Waals surface area contributed by atoms with Crippen LogP contribution in [0.4, 0.5) is 4.39 Å². The minimum absolute atomic E-state index is 0.0636. The molecule has 92 valence electrons. The topological polar surface area (TPSA) is 26.3 Å². The maximum atomic E-state index is 13.5. The minimum atomic E-state index is -0.557. The van der Waals surface area contributed by atoms with Crippen LogP contribution in [0.15, 0.2) is 18.2 Å². The molecule has 0 saturated carbocycles. The Labute approximate surface area is 105 Å². The fraction of sp³-hybridized carbons (Fsp3) is 0.462. The molecule has 0 aliphatic carbocycles. The van der Waals surface area contributed by atoms with E-state index in [1.807, 2.05) is 0 Å². The van der Waals surface area contributed by atoms with Gasteiger partial charge >= 0.3 is 0 Å². The molecule has 1 atom stereocenters. The lowest BCUT2D eigenvalue weighted by Crippen LogP contribution is -2.22. The van der Waals surface area contributed by atoms with Crippen LogP contribution >= 0.6 is 11.6 Å². The number of rotatable bonds is 3. The second kappa shape index (κ2) is 5.61. The Kier molecular flexibility index (Phi) is 4.13. The van der Waals surface area contributed by atoms with Gasteiger partial charge in [-0.3, -0.25) is 4.79 Å². The average Bonchev–Trinajstić information content (AvgIpc) is 2.30. The highest BCUT2D eigenvalue weighted by Gasteiger charge is 2.20. The highest BCUT2D eigenvalue weighted by atomic mass is 35.5. The van der Waals surface area contributed by atoms with Gasteiger partial charge in [0.25, 0.3) is 0 Å². The lowest BCUT2D eigenvalue weighted by atomic mass is 10.00. The molecule has 1 heterocycles. The van der Waals surface area contributed by atoms with Crippen molar-refractivity contribution in [1.29, 1.82) is 0 Å². The van der Waals surface area contributed by atoms with Crippen LogP contribution in [0.3, 0.4) is 0 Å². The number of Topliss-reactive ketones (excluding diaryl/α,β-unsaturated/α-hetero) is 1. The summed E-state index contributed by atoms with van der Waals surface area (Å²) in [6, 6.07) is 4.12. The quantitative estimate of drug-likeness (QED) is 0.772. The molecule has 0 N–H and O–H groups in total. The van der Waals surface area contributed by atoms with E-state index in [1.165, 1.54) is 12.1 Å². The highest BCUT2D eigenvalue weighted by molar-refractivity contribution is 6.30. The van der Waals surface area contributed by atoms with Gasteiger partial charge in [0.2, 0.25) is 0 Å². The standard InChI is InChI=1S/C13H14ClFO2/c14-9-4-5-11(12(15)7-9)13(16)8-10-3-1-2-6-17-10/h4-5,7,10H,1-3,6,8H2. The van der Waals surface area contributed by atoms with Gasteiger partial charge < -0.3 is 4.74 Å². The van der Waals surface area contributed by atoms with E-state index in [2.05, 4.69) is 0 Å². The van der Waals surface area contributed by atoms with Crippen molar-refractivity contribution in [3.05, 3.63) is 34.6 Å². The Morgan fingerprint density at radius 1 is 1.47 bits per heavy atom. The van der Waals surface area contributed by atoms with Gasteiger partial charge in [-0.25, -0.2) is 4.39 Å². The van der Waals surface area contributed by atoms with Gasteiger partial charge in [0.05, 0.1) is 11.7 Å². The zero-order chi connectivity index (χ0) is 12.3. The number of benzene rings is 1. The van der Waals surface area contributed by atoms with E-state index < -0.39 is 5.82 Å². The van der Waals surface area contributed by atoms with Crippen LogP contribution in [-0.2, 0) is 4.74 Å². The fourth-order valence-corrected chi connectivity index (χ4v) is 2.16. The summed E-state index contributed by atoms with van der Waals surface area (Å²) in [5.74, 6) is -0.774. The normalized spacial score (nSPS) is 20.2. The van der Waals surface area contributed by atoms with E-state index in [0.717, 1.165) is 25.3 Å². The van der Waals surface area contributed by atoms with Crippen molar-refractivity contribution in [3.8, 4) is 0 Å². The molecule has 1 aliphatic rings. The second-order valence-electron chi connectivity index (χ2n) is 4.24. The molecular weight excluding hydrogens is 243 g/mol. The van der Waals surface area contributed by atoms with Crippen molar-refractivity contribution < 1.29 is 13.9 Å². The zero-order valence-electron chi connectivity index (χ0n) is 9.42. The van der Waals surface area contributed by atoms with Crippen LogP contribution in [0.1, 0.15) is 36.0 Å². The molecule has 0 radical (unpaired) electrons. The molecule has 1 aromatic carbocycles. The fourth-order valence-electron chi connectivity index (χ4n) is 2.00. The van der Waals surface area contributed by atoms with Gasteiger partial charge in [0.1, 0.15) is 5.82 Å². The Balaban J connectivity index is 2.03. The summed E-state index contributed by atoms with van der Waals surface area (Å²) in [4.78, 5) is 11.9. The largest absolute Gasteiger partial charge is 0.378 e. The summed E-state index contributed by atoms with van der Waals surface area (Å²) in [7, 11) is 0. The molecular formula is C13H14ClFO2. The number of carbonyl (C=O) groups is 1. The van der Waals surface area contributed by atoms with E-state index in [-0.39, 0.29) is 23.9 Å². The molecule has 0 amide bonds. The first-order valence-electron chi connectivity index (χ1n) is 5.76. The summed E-state index contributed by atoms with van der Waals surface area (Å²) >= 11 is 5.64. The first-order chi connectivity index (χ1) is 8.16. The van der Waals surface area contributed by atoms with E-state index in [4.69, 9.17) is 16.3 Å². The maximum Gasteiger partial charge on any atom is 0.168 e. The Morgan fingerprint density at radius 3 is 2.94 bits per heavy atom. The molecule has 2 nitrogen and oxygen atoms in total. The number of halogens is 2. The van der Waals surface area contributed by atoms with Gasteiger partial charge in [0, 0.05) is 18.1 Å². The molecule has 1 aliphatic heterocycles. The first-order valence-corrected chi connectivity index (χ1v) is 6.14. The molecule has 0 bridgehead atoms. The number of hydrogen-bond acceptors (Lipinski definition) is 2. The molecule has 17 heavy (non-hydrogen) atoms. The van der Waals surface area contributed by atoms with E-state index in [9.17, 15) is 9.18 Å². The summed E-state index contributed by atoms with van der Waals surface area (Å²) < 4.78 is 19.0. The summed E-state index contributed by atoms with van der Waals surface area (Å²) in [6.45, 7) is 0.695. The molecule has 1 aromatic rings. The van der Waals surface area contributed by atoms with Crippen LogP contribution in [-0.4, -0.2) is 18.5 Å². The summed E-state index contributed by atoms with van der Waals surface area (Å²) in [5, 5.41) is 0.299. The third-order valence-corrected chi connectivity index (χ3v) is 3.15. The Hall–Kier alpha value is -0.930. The smallest absolute Gasteiger partial charge is 0.168 e. The third-order valence-electron chi connectivity index (χ3n) is 2.92. The van der Waals surface area contributed by atoms with Crippen LogP contribution in [0.2, 0.25) is 5.02 Å². The van der Waals surface area contributed by atoms with Crippen LogP contribution in [0.25, 0.3) is 0 Å². The highest BCUT2D eigenvalue weighted by Crippen LogP contribution is 2.20. The maximum absolute atomic E-state index is 13.5. The predicted molar refractivity (Wildman–Crippen MR) is 63.9 cm³/mol. The van der Waals surface area contributed by atoms with E-state index in [1.54, 1.807) is 0 Å². The molecule has 2 rings (SSSR count). The van der Waals surface area contributed by atoms with Crippen LogP contribution in [0.5, 0.6) is 0 Å². The van der Waals surface area contributed by atoms with Crippen molar-refractivity contribution in [2.24, 2.45) is 0 Å². The van der Waals surface area contributed by atoms with Crippen molar-refractivity contribution in [3.63, 3.8) is 0 Å². The van der Waals surface area contributed by atoms with Gasteiger partial charge in [-0.15, -0.1) is 0 Å². The molecule has 1 unspecified atom stereocenters. The molecule has 1 fully saturated rings. The second-order valence-corrected chi connectivity index (χ2v) is 4.68. The number of hydrogen-bond donors (Lipinski definition) is 0. The number of carbonyl (C=O) groups excluding carboxylic acids is 1. The van der Waals surface area contributed by atoms with Crippen molar-refractivity contribution in [2.45, 2.75) is 31.8 Å². The SMILES string of the molecule is O=C(CC1CCCCO1)c1ccc(Cl)cc1F. The summed E-state index contributed by atoms with van der Waals surface area (Å²) in [6.07, 6.45) is 3.17. The van der Waals surface area contributed by atoms with Crippen molar-refractivity contribution >= 4 is 17.4 Å². The molecule has 0 spiro atoms. The number of ketones is 1. The average molecular weight is 257 g/mol. The molecule has 0 aromatic heterocycles. The summed E-state index contributed by atoms with van der Waals surface area (Å²) in [5.41, 5.74) is 0.101. The lowest BCUT2D eigenvalue weighted by Gasteiger charge is -2.21. The van der Waals surface area contributed by atoms with Crippen molar-refractivity contribution in [2.75, 3.05) is 6.61 Å². The third kappa shape index (κ3) is 3.27. The molecule has 4 heteroatoms.